The second-order valence-electron chi connectivity index (χ2n) is 4.80. The van der Waals surface area contributed by atoms with Gasteiger partial charge < -0.3 is 10.1 Å². The van der Waals surface area contributed by atoms with Crippen LogP contribution in [0.2, 0.25) is 0 Å². The van der Waals surface area contributed by atoms with Crippen LogP contribution in [0.1, 0.15) is 36.0 Å². The first kappa shape index (κ1) is 10.6. The lowest BCUT2D eigenvalue weighted by Crippen LogP contribution is -2.21. The van der Waals surface area contributed by atoms with Crippen molar-refractivity contribution in [2.45, 2.75) is 25.7 Å². The van der Waals surface area contributed by atoms with Crippen molar-refractivity contribution in [1.82, 2.24) is 0 Å². The first-order valence-electron chi connectivity index (χ1n) is 6.40. The van der Waals surface area contributed by atoms with Crippen molar-refractivity contribution in [2.24, 2.45) is 5.92 Å². The second kappa shape index (κ2) is 4.40. The summed E-state index contributed by atoms with van der Waals surface area (Å²) in [5.74, 6) is 1.24. The van der Waals surface area contributed by atoms with Gasteiger partial charge in [0.25, 0.3) is 0 Å². The van der Waals surface area contributed by atoms with E-state index in [1.54, 1.807) is 0 Å². The minimum absolute atomic E-state index is 0.215. The van der Waals surface area contributed by atoms with E-state index in [2.05, 4.69) is 5.32 Å². The van der Waals surface area contributed by atoms with Gasteiger partial charge in [-0.25, -0.2) is 0 Å². The molecule has 1 N–H and O–H groups in total. The molecule has 3 rings (SSSR count). The third-order valence-electron chi connectivity index (χ3n) is 3.67. The number of ether oxygens (including phenoxy) is 1. The van der Waals surface area contributed by atoms with Crippen LogP contribution < -0.4 is 10.1 Å². The summed E-state index contributed by atoms with van der Waals surface area (Å²) < 4.78 is 5.65. The van der Waals surface area contributed by atoms with Crippen LogP contribution in [-0.2, 0) is 0 Å². The highest BCUT2D eigenvalue weighted by molar-refractivity contribution is 6.02. The molecule has 0 aromatic heterocycles. The van der Waals surface area contributed by atoms with Gasteiger partial charge in [-0.2, -0.15) is 0 Å². The Morgan fingerprint density at radius 3 is 2.94 bits per heavy atom. The summed E-state index contributed by atoms with van der Waals surface area (Å²) in [6, 6.07) is 5.80. The van der Waals surface area contributed by atoms with Crippen molar-refractivity contribution in [3.63, 3.8) is 0 Å². The van der Waals surface area contributed by atoms with Crippen LogP contribution >= 0.6 is 0 Å². The highest BCUT2D eigenvalue weighted by atomic mass is 16.5. The minimum atomic E-state index is 0.215. The maximum absolute atomic E-state index is 12.4. The molecule has 0 spiro atoms. The molecule has 0 bridgehead atoms. The van der Waals surface area contributed by atoms with E-state index in [0.29, 0.717) is 6.61 Å². The Kier molecular flexibility index (Phi) is 2.75. The molecule has 1 fully saturated rings. The third-order valence-corrected chi connectivity index (χ3v) is 3.67. The van der Waals surface area contributed by atoms with Crippen LogP contribution in [0.3, 0.4) is 0 Å². The molecule has 0 unspecified atom stereocenters. The molecule has 3 heteroatoms. The van der Waals surface area contributed by atoms with E-state index >= 15 is 0 Å². The molecule has 0 atom stereocenters. The number of para-hydroxylation sites is 1. The Hall–Kier alpha value is -1.51. The van der Waals surface area contributed by atoms with Gasteiger partial charge in [0.1, 0.15) is 6.61 Å². The maximum Gasteiger partial charge on any atom is 0.169 e. The average Bonchev–Trinajstić information content (AvgIpc) is 2.91. The number of rotatable bonds is 2. The van der Waals surface area contributed by atoms with Gasteiger partial charge in [-0.05, 0) is 25.0 Å². The average molecular weight is 231 g/mol. The fourth-order valence-electron chi connectivity index (χ4n) is 2.77. The lowest BCUT2D eigenvalue weighted by Gasteiger charge is -2.22. The number of benzene rings is 1. The van der Waals surface area contributed by atoms with Gasteiger partial charge in [0.2, 0.25) is 0 Å². The zero-order valence-electron chi connectivity index (χ0n) is 9.87. The summed E-state index contributed by atoms with van der Waals surface area (Å²) >= 11 is 0. The number of Topliss-reactive ketones (excluding diaryl/α,β-unsaturated/α-hetero) is 1. The molecule has 1 aliphatic heterocycles. The highest BCUT2D eigenvalue weighted by Crippen LogP contribution is 2.36. The molecule has 3 nitrogen and oxygen atoms in total. The molecule has 1 aromatic rings. The van der Waals surface area contributed by atoms with E-state index in [1.165, 1.54) is 12.8 Å². The minimum Gasteiger partial charge on any atom is -0.489 e. The number of carbonyl (C=O) groups is 1. The molecular weight excluding hydrogens is 214 g/mol. The van der Waals surface area contributed by atoms with Crippen molar-refractivity contribution in [3.05, 3.63) is 23.8 Å². The molecule has 1 aromatic carbocycles. The second-order valence-corrected chi connectivity index (χ2v) is 4.80. The number of fused-ring (bicyclic) bond motifs is 1. The Bertz CT molecular complexity index is 436. The van der Waals surface area contributed by atoms with Crippen LogP contribution in [0.15, 0.2) is 18.2 Å². The molecule has 0 saturated heterocycles. The highest BCUT2D eigenvalue weighted by Gasteiger charge is 2.27. The molecule has 1 saturated carbocycles. The zero-order chi connectivity index (χ0) is 11.7. The van der Waals surface area contributed by atoms with E-state index in [9.17, 15) is 4.79 Å². The zero-order valence-corrected chi connectivity index (χ0v) is 9.87. The predicted molar refractivity (Wildman–Crippen MR) is 66.7 cm³/mol. The van der Waals surface area contributed by atoms with E-state index < -0.39 is 0 Å². The van der Waals surface area contributed by atoms with Crippen molar-refractivity contribution in [2.75, 3.05) is 18.5 Å². The molecular formula is C14H17NO2. The van der Waals surface area contributed by atoms with Crippen molar-refractivity contribution < 1.29 is 9.53 Å². The Morgan fingerprint density at radius 1 is 1.29 bits per heavy atom. The molecule has 2 aliphatic rings. The summed E-state index contributed by atoms with van der Waals surface area (Å²) in [7, 11) is 0. The lowest BCUT2D eigenvalue weighted by atomic mass is 9.95. The topological polar surface area (TPSA) is 38.3 Å². The number of carbonyl (C=O) groups excluding carboxylic acids is 1. The summed E-state index contributed by atoms with van der Waals surface area (Å²) in [6.07, 6.45) is 4.45. The summed E-state index contributed by atoms with van der Waals surface area (Å²) in [5, 5.41) is 3.27. The SMILES string of the molecule is O=C(c1cccc2c1OCCN2)C1CCCC1. The molecule has 0 radical (unpaired) electrons. The number of hydrogen-bond donors (Lipinski definition) is 1. The fourth-order valence-corrected chi connectivity index (χ4v) is 2.77. The van der Waals surface area contributed by atoms with Gasteiger partial charge in [-0.3, -0.25) is 4.79 Å². The van der Waals surface area contributed by atoms with Crippen LogP contribution in [-0.4, -0.2) is 18.9 Å². The van der Waals surface area contributed by atoms with Crippen LogP contribution in [0.4, 0.5) is 5.69 Å². The van der Waals surface area contributed by atoms with Gasteiger partial charge in [0, 0.05) is 12.5 Å². The van der Waals surface area contributed by atoms with Gasteiger partial charge in [0.15, 0.2) is 11.5 Å². The fraction of sp³-hybridized carbons (Fsp3) is 0.500. The van der Waals surface area contributed by atoms with Crippen molar-refractivity contribution >= 4 is 11.5 Å². The quantitative estimate of drug-likeness (QED) is 0.795. The summed E-state index contributed by atoms with van der Waals surface area (Å²) in [5.41, 5.74) is 1.72. The molecule has 1 heterocycles. The van der Waals surface area contributed by atoms with Gasteiger partial charge in [-0.1, -0.05) is 18.9 Å². The lowest BCUT2D eigenvalue weighted by molar-refractivity contribution is 0.0918. The predicted octanol–water partition coefficient (Wildman–Crippen LogP) is 2.86. The van der Waals surface area contributed by atoms with E-state index in [0.717, 1.165) is 36.4 Å². The maximum atomic E-state index is 12.4. The van der Waals surface area contributed by atoms with Crippen molar-refractivity contribution in [3.8, 4) is 5.75 Å². The summed E-state index contributed by atoms with van der Waals surface area (Å²) in [4.78, 5) is 12.4. The largest absolute Gasteiger partial charge is 0.489 e. The van der Waals surface area contributed by atoms with Gasteiger partial charge in [0.05, 0.1) is 11.3 Å². The Labute approximate surface area is 101 Å². The first-order chi connectivity index (χ1) is 8.36. The molecule has 17 heavy (non-hydrogen) atoms. The van der Waals surface area contributed by atoms with Crippen LogP contribution in [0.25, 0.3) is 0 Å². The van der Waals surface area contributed by atoms with Crippen molar-refractivity contribution in [1.29, 1.82) is 0 Å². The Balaban J connectivity index is 1.94. The number of hydrogen-bond acceptors (Lipinski definition) is 3. The van der Waals surface area contributed by atoms with E-state index in [1.807, 2.05) is 18.2 Å². The Morgan fingerprint density at radius 2 is 2.12 bits per heavy atom. The van der Waals surface area contributed by atoms with Gasteiger partial charge in [-0.15, -0.1) is 0 Å². The van der Waals surface area contributed by atoms with E-state index in [-0.39, 0.29) is 11.7 Å². The summed E-state index contributed by atoms with van der Waals surface area (Å²) in [6.45, 7) is 1.45. The molecule has 90 valence electrons. The molecule has 1 aliphatic carbocycles. The third kappa shape index (κ3) is 1.90. The normalized spacial score (nSPS) is 19.3. The number of ketones is 1. The van der Waals surface area contributed by atoms with Crippen LogP contribution in [0, 0.1) is 5.92 Å². The molecule has 0 amide bonds. The first-order valence-corrected chi connectivity index (χ1v) is 6.40. The van der Waals surface area contributed by atoms with Crippen LogP contribution in [0.5, 0.6) is 5.75 Å². The number of anilines is 1. The van der Waals surface area contributed by atoms with Gasteiger partial charge >= 0.3 is 0 Å². The monoisotopic (exact) mass is 231 g/mol. The standard InChI is InChI=1S/C14H17NO2/c16-13(10-4-1-2-5-10)11-6-3-7-12-14(11)17-9-8-15-12/h3,6-7,10,15H,1-2,4-5,8-9H2. The van der Waals surface area contributed by atoms with E-state index in [4.69, 9.17) is 4.74 Å². The smallest absolute Gasteiger partial charge is 0.169 e. The number of nitrogens with one attached hydrogen (secondary N) is 1.